The molecule has 1 saturated heterocycles. The Kier molecular flexibility index (Phi) is 7.72. The van der Waals surface area contributed by atoms with Gasteiger partial charge in [-0.15, -0.1) is 0 Å². The monoisotopic (exact) mass is 318 g/mol. The molecule has 3 rings (SSSR count). The molecule has 1 aliphatic heterocycles. The van der Waals surface area contributed by atoms with Crippen LogP contribution >= 0.6 is 0 Å². The molecular weight excluding hydrogens is 288 g/mol. The van der Waals surface area contributed by atoms with Crippen molar-refractivity contribution in [2.45, 2.75) is 44.4 Å². The lowest BCUT2D eigenvalue weighted by molar-refractivity contribution is -0.123. The maximum absolute atomic E-state index is 10.6. The van der Waals surface area contributed by atoms with Crippen LogP contribution in [0.2, 0.25) is 0 Å². The third kappa shape index (κ3) is 6.42. The number of carbonyl (C=O) groups is 1. The number of hydrogen-bond acceptors (Lipinski definition) is 4. The number of rotatable bonds is 4. The molecule has 128 valence electrons. The topological polar surface area (TPSA) is 32.8 Å². The summed E-state index contributed by atoms with van der Waals surface area (Å²) >= 11 is 0. The Morgan fingerprint density at radius 2 is 1.91 bits per heavy atom. The number of ether oxygens (including phenoxy) is 1. The molecule has 0 aromatic heterocycles. The molecule has 0 bridgehead atoms. The maximum atomic E-state index is 10.6. The number of nitrogens with zero attached hydrogens (tertiary/aromatic N) is 2. The first-order chi connectivity index (χ1) is 11.2. The van der Waals surface area contributed by atoms with E-state index in [4.69, 9.17) is 4.74 Å². The van der Waals surface area contributed by atoms with E-state index in [0.29, 0.717) is 13.2 Å². The summed E-state index contributed by atoms with van der Waals surface area (Å²) in [4.78, 5) is 15.2. The zero-order valence-corrected chi connectivity index (χ0v) is 14.5. The molecule has 0 N–H and O–H groups in total. The van der Waals surface area contributed by atoms with Crippen molar-refractivity contribution in [2.75, 3.05) is 33.8 Å². The van der Waals surface area contributed by atoms with Gasteiger partial charge in [0.1, 0.15) is 12.4 Å². The first-order valence-electron chi connectivity index (χ1n) is 8.68. The van der Waals surface area contributed by atoms with Crippen molar-refractivity contribution in [3.8, 4) is 0 Å². The summed E-state index contributed by atoms with van der Waals surface area (Å²) in [6.07, 6.45) is 6.38. The Hall–Kier alpha value is -1.23. The molecule has 1 aromatic rings. The van der Waals surface area contributed by atoms with Crippen molar-refractivity contribution < 1.29 is 9.53 Å². The first kappa shape index (κ1) is 18.1. The van der Waals surface area contributed by atoms with E-state index in [0.717, 1.165) is 25.4 Å². The number of carbonyl (C=O) groups excluding carboxylic acids is 1. The molecule has 0 radical (unpaired) electrons. The van der Waals surface area contributed by atoms with Crippen molar-refractivity contribution in [3.05, 3.63) is 35.9 Å². The molecule has 1 atom stereocenters. The summed E-state index contributed by atoms with van der Waals surface area (Å²) in [5.41, 5.74) is 1.28. The number of aldehydes is 1. The van der Waals surface area contributed by atoms with Gasteiger partial charge in [-0.3, -0.25) is 4.90 Å². The SMILES string of the molecule is CN(C)C1CCCC1.O=CC1CN(Cc2ccccc2)CCO1. The average Bonchev–Trinajstić information content (AvgIpc) is 3.11. The molecule has 1 aliphatic carbocycles. The van der Waals surface area contributed by atoms with Crippen LogP contribution < -0.4 is 0 Å². The van der Waals surface area contributed by atoms with Gasteiger partial charge >= 0.3 is 0 Å². The fourth-order valence-electron chi connectivity index (χ4n) is 3.22. The van der Waals surface area contributed by atoms with E-state index in [1.807, 2.05) is 18.2 Å². The minimum atomic E-state index is -0.248. The van der Waals surface area contributed by atoms with Crippen molar-refractivity contribution in [2.24, 2.45) is 0 Å². The van der Waals surface area contributed by atoms with E-state index >= 15 is 0 Å². The maximum Gasteiger partial charge on any atom is 0.150 e. The summed E-state index contributed by atoms with van der Waals surface area (Å²) in [7, 11) is 4.35. The molecule has 4 heteroatoms. The van der Waals surface area contributed by atoms with Crippen LogP contribution in [-0.4, -0.2) is 62.0 Å². The highest BCUT2D eigenvalue weighted by molar-refractivity contribution is 5.56. The summed E-state index contributed by atoms with van der Waals surface area (Å²) in [5, 5.41) is 0. The van der Waals surface area contributed by atoms with Gasteiger partial charge in [-0.1, -0.05) is 43.2 Å². The summed E-state index contributed by atoms with van der Waals surface area (Å²) in [6, 6.07) is 11.2. The minimum absolute atomic E-state index is 0.248. The molecule has 4 nitrogen and oxygen atoms in total. The van der Waals surface area contributed by atoms with Gasteiger partial charge in [-0.25, -0.2) is 0 Å². The fourth-order valence-corrected chi connectivity index (χ4v) is 3.22. The van der Waals surface area contributed by atoms with E-state index in [1.165, 1.54) is 31.2 Å². The normalized spacial score (nSPS) is 22.7. The van der Waals surface area contributed by atoms with Crippen LogP contribution in [0.25, 0.3) is 0 Å². The predicted molar refractivity (Wildman–Crippen MR) is 93.5 cm³/mol. The Balaban J connectivity index is 0.000000203. The lowest BCUT2D eigenvalue weighted by Gasteiger charge is -2.30. The number of benzene rings is 1. The van der Waals surface area contributed by atoms with Crippen LogP contribution in [0.5, 0.6) is 0 Å². The van der Waals surface area contributed by atoms with Crippen LogP contribution in [0, 0.1) is 0 Å². The van der Waals surface area contributed by atoms with E-state index in [9.17, 15) is 4.79 Å². The highest BCUT2D eigenvalue weighted by Gasteiger charge is 2.19. The molecule has 1 saturated carbocycles. The Bertz CT molecular complexity index is 444. The van der Waals surface area contributed by atoms with Gasteiger partial charge in [0.05, 0.1) is 6.61 Å². The van der Waals surface area contributed by atoms with Gasteiger partial charge in [0.15, 0.2) is 0 Å². The van der Waals surface area contributed by atoms with Crippen LogP contribution in [0.4, 0.5) is 0 Å². The van der Waals surface area contributed by atoms with Crippen molar-refractivity contribution in [3.63, 3.8) is 0 Å². The second-order valence-corrected chi connectivity index (χ2v) is 6.67. The Labute approximate surface area is 140 Å². The summed E-state index contributed by atoms with van der Waals surface area (Å²) in [6.45, 7) is 3.16. The molecule has 1 aromatic carbocycles. The summed E-state index contributed by atoms with van der Waals surface area (Å²) < 4.78 is 5.29. The van der Waals surface area contributed by atoms with Gasteiger partial charge in [-0.2, -0.15) is 0 Å². The minimum Gasteiger partial charge on any atom is -0.368 e. The Morgan fingerprint density at radius 1 is 1.22 bits per heavy atom. The van der Waals surface area contributed by atoms with Gasteiger partial charge in [-0.05, 0) is 32.5 Å². The standard InChI is InChI=1S/C12H15NO2.C7H15N/c14-10-12-9-13(6-7-15-12)8-11-4-2-1-3-5-11;1-8(2)7-5-3-4-6-7/h1-5,10,12H,6-9H2;7H,3-6H2,1-2H3. The van der Waals surface area contributed by atoms with Gasteiger partial charge in [0, 0.05) is 25.7 Å². The number of hydrogen-bond donors (Lipinski definition) is 0. The lowest BCUT2D eigenvalue weighted by atomic mass is 10.2. The molecule has 1 heterocycles. The van der Waals surface area contributed by atoms with E-state index in [-0.39, 0.29) is 6.10 Å². The molecule has 0 spiro atoms. The van der Waals surface area contributed by atoms with Crippen LogP contribution in [0.15, 0.2) is 30.3 Å². The van der Waals surface area contributed by atoms with Gasteiger partial charge in [0.2, 0.25) is 0 Å². The molecule has 1 unspecified atom stereocenters. The zero-order valence-electron chi connectivity index (χ0n) is 14.5. The fraction of sp³-hybridized carbons (Fsp3) is 0.632. The molecular formula is C19H30N2O2. The Morgan fingerprint density at radius 3 is 2.48 bits per heavy atom. The molecule has 23 heavy (non-hydrogen) atoms. The molecule has 0 amide bonds. The van der Waals surface area contributed by atoms with Crippen molar-refractivity contribution in [1.82, 2.24) is 9.80 Å². The summed E-state index contributed by atoms with van der Waals surface area (Å²) in [5.74, 6) is 0. The van der Waals surface area contributed by atoms with Gasteiger partial charge in [0.25, 0.3) is 0 Å². The zero-order chi connectivity index (χ0) is 16.5. The second-order valence-electron chi connectivity index (χ2n) is 6.67. The average molecular weight is 318 g/mol. The van der Waals surface area contributed by atoms with Crippen LogP contribution in [0.3, 0.4) is 0 Å². The van der Waals surface area contributed by atoms with Crippen LogP contribution in [0.1, 0.15) is 31.2 Å². The van der Waals surface area contributed by atoms with Crippen molar-refractivity contribution in [1.29, 1.82) is 0 Å². The quantitative estimate of drug-likeness (QED) is 0.799. The predicted octanol–water partition coefficient (Wildman–Crippen LogP) is 2.58. The molecule has 2 fully saturated rings. The smallest absolute Gasteiger partial charge is 0.150 e. The first-order valence-corrected chi connectivity index (χ1v) is 8.68. The molecule has 2 aliphatic rings. The van der Waals surface area contributed by atoms with E-state index < -0.39 is 0 Å². The number of morpholine rings is 1. The third-order valence-corrected chi connectivity index (χ3v) is 4.63. The third-order valence-electron chi connectivity index (χ3n) is 4.63. The highest BCUT2D eigenvalue weighted by atomic mass is 16.5. The van der Waals surface area contributed by atoms with E-state index in [2.05, 4.69) is 36.0 Å². The van der Waals surface area contributed by atoms with Gasteiger partial charge < -0.3 is 14.4 Å². The van der Waals surface area contributed by atoms with Crippen LogP contribution in [-0.2, 0) is 16.1 Å². The lowest BCUT2D eigenvalue weighted by Crippen LogP contribution is -2.42. The largest absolute Gasteiger partial charge is 0.368 e. The highest BCUT2D eigenvalue weighted by Crippen LogP contribution is 2.20. The second kappa shape index (κ2) is 9.81. The van der Waals surface area contributed by atoms with Crippen molar-refractivity contribution >= 4 is 6.29 Å². The van der Waals surface area contributed by atoms with E-state index in [1.54, 1.807) is 0 Å².